The Balaban J connectivity index is 2.39. The van der Waals surface area contributed by atoms with Gasteiger partial charge in [0.25, 0.3) is 5.91 Å². The first-order valence-electron chi connectivity index (χ1n) is 6.99. The zero-order valence-corrected chi connectivity index (χ0v) is 13.6. The molecule has 7 nitrogen and oxygen atoms in total. The van der Waals surface area contributed by atoms with Crippen LogP contribution >= 0.6 is 0 Å². The number of carbonyl (C=O) groups excluding carboxylic acids is 2. The number of ether oxygens (including phenoxy) is 1. The van der Waals surface area contributed by atoms with E-state index in [2.05, 4.69) is 16.6 Å². The van der Waals surface area contributed by atoms with E-state index in [1.807, 2.05) is 0 Å². The van der Waals surface area contributed by atoms with Gasteiger partial charge in [0.05, 0.1) is 11.3 Å². The van der Waals surface area contributed by atoms with Crippen molar-refractivity contribution < 1.29 is 22.7 Å². The van der Waals surface area contributed by atoms with Gasteiger partial charge in [-0.2, -0.15) is 0 Å². The Labute approximate surface area is 135 Å². The quantitative estimate of drug-likeness (QED) is 0.506. The molecule has 8 heteroatoms. The molecular formula is C15H20N2O5S. The van der Waals surface area contributed by atoms with Crippen LogP contribution in [0.3, 0.4) is 0 Å². The fourth-order valence-corrected chi connectivity index (χ4v) is 2.65. The molecule has 0 saturated heterocycles. The third-order valence-electron chi connectivity index (χ3n) is 2.77. The van der Waals surface area contributed by atoms with Gasteiger partial charge in [-0.15, -0.1) is 6.58 Å². The number of benzene rings is 1. The van der Waals surface area contributed by atoms with E-state index in [9.17, 15) is 18.0 Å². The maximum atomic E-state index is 11.9. The molecule has 1 aromatic carbocycles. The lowest BCUT2D eigenvalue weighted by Crippen LogP contribution is -2.36. The molecule has 0 aliphatic rings. The number of rotatable bonds is 9. The molecule has 0 heterocycles. The first-order chi connectivity index (χ1) is 10.9. The Kier molecular flexibility index (Phi) is 7.43. The Bertz CT molecular complexity index is 643. The average Bonchev–Trinajstić information content (AvgIpc) is 2.53. The summed E-state index contributed by atoms with van der Waals surface area (Å²) < 4.78 is 31.1. The lowest BCUT2D eigenvalue weighted by molar-refractivity contribution is -0.154. The number of carbonyl (C=O) groups is 2. The lowest BCUT2D eigenvalue weighted by atomic mass is 10.3. The van der Waals surface area contributed by atoms with Crippen LogP contribution in [0.1, 0.15) is 13.3 Å². The monoisotopic (exact) mass is 340 g/mol. The number of nitrogens with one attached hydrogen (secondary N) is 2. The summed E-state index contributed by atoms with van der Waals surface area (Å²) in [5.74, 6) is -1.11. The number of hydrogen-bond donors (Lipinski definition) is 2. The number of esters is 1. The van der Waals surface area contributed by atoms with Crippen LogP contribution in [0.5, 0.6) is 0 Å². The van der Waals surface area contributed by atoms with E-state index in [4.69, 9.17) is 4.74 Å². The topological polar surface area (TPSA) is 102 Å². The number of sulfonamides is 1. The van der Waals surface area contributed by atoms with Gasteiger partial charge in [-0.3, -0.25) is 9.59 Å². The molecule has 23 heavy (non-hydrogen) atoms. The minimum absolute atomic E-state index is 0.114. The Morgan fingerprint density at radius 3 is 2.57 bits per heavy atom. The van der Waals surface area contributed by atoms with Crippen LogP contribution < -0.4 is 10.0 Å². The van der Waals surface area contributed by atoms with Crippen molar-refractivity contribution in [1.29, 1.82) is 0 Å². The fourth-order valence-electron chi connectivity index (χ4n) is 1.60. The SMILES string of the molecule is C=CCNC(=O)[C@H](C)OC(=O)CCNS(=O)(=O)c1ccccc1. The van der Waals surface area contributed by atoms with Crippen LogP contribution in [0.4, 0.5) is 0 Å². The average molecular weight is 340 g/mol. The van der Waals surface area contributed by atoms with Gasteiger partial charge in [0, 0.05) is 13.1 Å². The van der Waals surface area contributed by atoms with Gasteiger partial charge in [-0.05, 0) is 19.1 Å². The minimum Gasteiger partial charge on any atom is -0.453 e. The zero-order valence-electron chi connectivity index (χ0n) is 12.8. The predicted molar refractivity (Wildman–Crippen MR) is 85.0 cm³/mol. The molecule has 0 unspecified atom stereocenters. The molecule has 1 rings (SSSR count). The summed E-state index contributed by atoms with van der Waals surface area (Å²) >= 11 is 0. The van der Waals surface area contributed by atoms with Crippen molar-refractivity contribution in [1.82, 2.24) is 10.0 Å². The first kappa shape index (κ1) is 18.9. The zero-order chi connectivity index (χ0) is 17.3. The van der Waals surface area contributed by atoms with Crippen molar-refractivity contribution in [2.24, 2.45) is 0 Å². The summed E-state index contributed by atoms with van der Waals surface area (Å²) in [6.45, 7) is 5.05. The van der Waals surface area contributed by atoms with E-state index in [1.165, 1.54) is 25.1 Å². The standard InChI is InChI=1S/C15H20N2O5S/c1-3-10-16-15(19)12(2)22-14(18)9-11-17-23(20,21)13-7-5-4-6-8-13/h3-8,12,17H,1,9-11H2,2H3,(H,16,19)/t12-/m0/s1. The highest BCUT2D eigenvalue weighted by molar-refractivity contribution is 7.89. The second kappa shape index (κ2) is 9.06. The Morgan fingerprint density at radius 1 is 1.30 bits per heavy atom. The summed E-state index contributed by atoms with van der Waals surface area (Å²) in [5, 5.41) is 2.49. The van der Waals surface area contributed by atoms with Crippen molar-refractivity contribution in [3.63, 3.8) is 0 Å². The van der Waals surface area contributed by atoms with Crippen molar-refractivity contribution in [2.45, 2.75) is 24.3 Å². The van der Waals surface area contributed by atoms with E-state index < -0.39 is 28.0 Å². The molecule has 1 atom stereocenters. The third kappa shape index (κ3) is 6.62. The summed E-state index contributed by atoms with van der Waals surface area (Å²) in [4.78, 5) is 23.2. The molecule has 0 aliphatic carbocycles. The first-order valence-corrected chi connectivity index (χ1v) is 8.48. The molecule has 2 N–H and O–H groups in total. The van der Waals surface area contributed by atoms with Crippen molar-refractivity contribution in [3.8, 4) is 0 Å². The highest BCUT2D eigenvalue weighted by Gasteiger charge is 2.18. The van der Waals surface area contributed by atoms with Crippen molar-refractivity contribution in [2.75, 3.05) is 13.1 Å². The van der Waals surface area contributed by atoms with Crippen molar-refractivity contribution >= 4 is 21.9 Å². The third-order valence-corrected chi connectivity index (χ3v) is 4.25. The van der Waals surface area contributed by atoms with Gasteiger partial charge < -0.3 is 10.1 Å². The van der Waals surface area contributed by atoms with Crippen LogP contribution in [0.25, 0.3) is 0 Å². The minimum atomic E-state index is -3.66. The molecule has 1 aromatic rings. The smallest absolute Gasteiger partial charge is 0.307 e. The van der Waals surface area contributed by atoms with Crippen molar-refractivity contribution in [3.05, 3.63) is 43.0 Å². The molecular weight excluding hydrogens is 320 g/mol. The van der Waals surface area contributed by atoms with Gasteiger partial charge in [0.2, 0.25) is 10.0 Å². The number of hydrogen-bond acceptors (Lipinski definition) is 5. The summed E-state index contributed by atoms with van der Waals surface area (Å²) in [5.41, 5.74) is 0. The lowest BCUT2D eigenvalue weighted by Gasteiger charge is -2.13. The van der Waals surface area contributed by atoms with Crippen LogP contribution in [0.15, 0.2) is 47.9 Å². The van der Waals surface area contributed by atoms with Crippen LogP contribution in [0, 0.1) is 0 Å². The van der Waals surface area contributed by atoms with Crippen LogP contribution in [-0.2, 0) is 24.3 Å². The van der Waals surface area contributed by atoms with Gasteiger partial charge >= 0.3 is 5.97 Å². The Morgan fingerprint density at radius 2 is 1.96 bits per heavy atom. The highest BCUT2D eigenvalue weighted by Crippen LogP contribution is 2.06. The molecule has 0 spiro atoms. The van der Waals surface area contributed by atoms with Gasteiger partial charge in [0.1, 0.15) is 0 Å². The maximum absolute atomic E-state index is 11.9. The highest BCUT2D eigenvalue weighted by atomic mass is 32.2. The Hall–Kier alpha value is -2.19. The molecule has 0 aromatic heterocycles. The maximum Gasteiger partial charge on any atom is 0.307 e. The van der Waals surface area contributed by atoms with Crippen LogP contribution in [-0.4, -0.2) is 39.5 Å². The molecule has 126 valence electrons. The second-order valence-electron chi connectivity index (χ2n) is 4.63. The largest absolute Gasteiger partial charge is 0.453 e. The molecule has 1 amide bonds. The van der Waals surface area contributed by atoms with Crippen LogP contribution in [0.2, 0.25) is 0 Å². The molecule has 0 saturated carbocycles. The molecule has 0 aliphatic heterocycles. The molecule has 0 fully saturated rings. The van der Waals surface area contributed by atoms with Gasteiger partial charge in [-0.25, -0.2) is 13.1 Å². The summed E-state index contributed by atoms with van der Waals surface area (Å²) in [7, 11) is -3.66. The second-order valence-corrected chi connectivity index (χ2v) is 6.39. The molecule has 0 bridgehead atoms. The number of amides is 1. The normalized spacial score (nSPS) is 12.2. The summed E-state index contributed by atoms with van der Waals surface area (Å²) in [6, 6.07) is 7.81. The van der Waals surface area contributed by atoms with E-state index in [0.29, 0.717) is 0 Å². The van der Waals surface area contributed by atoms with E-state index in [-0.39, 0.29) is 24.4 Å². The predicted octanol–water partition coefficient (Wildman–Crippen LogP) is 0.589. The fraction of sp³-hybridized carbons (Fsp3) is 0.333. The van der Waals surface area contributed by atoms with Gasteiger partial charge in [0.15, 0.2) is 6.10 Å². The summed E-state index contributed by atoms with van der Waals surface area (Å²) in [6.07, 6.45) is 0.379. The van der Waals surface area contributed by atoms with E-state index >= 15 is 0 Å². The van der Waals surface area contributed by atoms with Gasteiger partial charge in [-0.1, -0.05) is 24.3 Å². The van der Waals surface area contributed by atoms with E-state index in [1.54, 1.807) is 18.2 Å². The van der Waals surface area contributed by atoms with E-state index in [0.717, 1.165) is 0 Å². The molecule has 0 radical (unpaired) electrons.